The van der Waals surface area contributed by atoms with Crippen LogP contribution in [0.5, 0.6) is 5.75 Å². The zero-order chi connectivity index (χ0) is 16.3. The summed E-state index contributed by atoms with van der Waals surface area (Å²) in [6, 6.07) is 5.19. The van der Waals surface area contributed by atoms with E-state index in [-0.39, 0.29) is 10.6 Å². The van der Waals surface area contributed by atoms with E-state index >= 15 is 0 Å². The van der Waals surface area contributed by atoms with Crippen LogP contribution in [0.3, 0.4) is 0 Å². The molecule has 118 valence electrons. The van der Waals surface area contributed by atoms with E-state index in [9.17, 15) is 22.4 Å². The first-order chi connectivity index (χ1) is 10.4. The van der Waals surface area contributed by atoms with Crippen LogP contribution in [0.25, 0.3) is 0 Å². The third kappa shape index (κ3) is 3.50. The zero-order valence-electron chi connectivity index (χ0n) is 11.0. The van der Waals surface area contributed by atoms with E-state index in [1.165, 1.54) is 31.3 Å². The number of ether oxygens (including phenoxy) is 1. The first-order valence-electron chi connectivity index (χ1n) is 5.83. The Morgan fingerprint density at radius 2 is 1.86 bits per heavy atom. The summed E-state index contributed by atoms with van der Waals surface area (Å²) < 4.78 is 57.0. The largest absolute Gasteiger partial charge is 0.435 e. The van der Waals surface area contributed by atoms with Crippen LogP contribution in [-0.2, 0) is 0 Å². The second-order valence-electron chi connectivity index (χ2n) is 4.02. The Kier molecular flexibility index (Phi) is 4.91. The highest BCUT2D eigenvalue weighted by molar-refractivity contribution is 7.08. The molecule has 10 heteroatoms. The van der Waals surface area contributed by atoms with Crippen molar-refractivity contribution < 1.29 is 27.1 Å². The fourth-order valence-electron chi connectivity index (χ4n) is 1.61. The van der Waals surface area contributed by atoms with Crippen molar-refractivity contribution in [1.82, 2.24) is 9.59 Å². The molecule has 1 amide bonds. The number of amides is 1. The van der Waals surface area contributed by atoms with Gasteiger partial charge < -0.3 is 9.64 Å². The van der Waals surface area contributed by atoms with E-state index in [0.29, 0.717) is 17.2 Å². The van der Waals surface area contributed by atoms with E-state index < -0.39 is 24.6 Å². The summed E-state index contributed by atoms with van der Waals surface area (Å²) in [5.74, 6) is -0.792. The lowest BCUT2D eigenvalue weighted by atomic mass is 10.2. The quantitative estimate of drug-likeness (QED) is 0.786. The summed E-state index contributed by atoms with van der Waals surface area (Å²) in [4.78, 5) is 13.0. The molecule has 0 N–H and O–H groups in total. The van der Waals surface area contributed by atoms with Crippen LogP contribution in [-0.4, -0.2) is 29.2 Å². The topological polar surface area (TPSA) is 55.3 Å². The van der Waals surface area contributed by atoms with Gasteiger partial charge in [-0.05, 0) is 35.8 Å². The standard InChI is InChI=1S/C12H9F4N3O2S/c1-19(6-2-4-7(5-3-6)21-12(15)16)11(20)9-8(10(13)14)17-18-22-9/h2-5,10,12H,1H3. The number of hydrogen-bond donors (Lipinski definition) is 0. The van der Waals surface area contributed by atoms with Gasteiger partial charge in [0, 0.05) is 12.7 Å². The summed E-state index contributed by atoms with van der Waals surface area (Å²) in [5.41, 5.74) is -0.361. The molecule has 0 unspecified atom stereocenters. The van der Waals surface area contributed by atoms with Gasteiger partial charge >= 0.3 is 6.61 Å². The van der Waals surface area contributed by atoms with E-state index in [0.717, 1.165) is 4.90 Å². The number of carbonyl (C=O) groups is 1. The summed E-state index contributed by atoms with van der Waals surface area (Å²) >= 11 is 0.564. The van der Waals surface area contributed by atoms with Gasteiger partial charge in [-0.15, -0.1) is 5.10 Å². The van der Waals surface area contributed by atoms with Crippen LogP contribution in [0.4, 0.5) is 23.2 Å². The average Bonchev–Trinajstić information content (AvgIpc) is 2.95. The van der Waals surface area contributed by atoms with Gasteiger partial charge in [0.15, 0.2) is 5.69 Å². The second kappa shape index (κ2) is 6.69. The number of halogens is 4. The van der Waals surface area contributed by atoms with E-state index in [1.807, 2.05) is 0 Å². The molecule has 1 aromatic heterocycles. The number of hydrogen-bond acceptors (Lipinski definition) is 5. The molecule has 1 heterocycles. The molecule has 0 spiro atoms. The number of aromatic nitrogens is 2. The van der Waals surface area contributed by atoms with Crippen molar-refractivity contribution in [2.45, 2.75) is 13.0 Å². The van der Waals surface area contributed by atoms with Crippen molar-refractivity contribution in [3.05, 3.63) is 34.8 Å². The van der Waals surface area contributed by atoms with Crippen LogP contribution in [0.15, 0.2) is 24.3 Å². The SMILES string of the molecule is CN(C(=O)c1snnc1C(F)F)c1ccc(OC(F)F)cc1. The van der Waals surface area contributed by atoms with Gasteiger partial charge in [-0.25, -0.2) is 8.78 Å². The van der Waals surface area contributed by atoms with Gasteiger partial charge in [0.1, 0.15) is 10.6 Å². The minimum Gasteiger partial charge on any atom is -0.435 e. The highest BCUT2D eigenvalue weighted by Crippen LogP contribution is 2.26. The first-order valence-corrected chi connectivity index (χ1v) is 6.60. The molecule has 0 saturated carbocycles. The highest BCUT2D eigenvalue weighted by atomic mass is 32.1. The summed E-state index contributed by atoms with van der Waals surface area (Å²) in [7, 11) is 1.36. The molecular weight excluding hydrogens is 326 g/mol. The molecule has 22 heavy (non-hydrogen) atoms. The molecule has 0 atom stereocenters. The number of alkyl halides is 4. The predicted molar refractivity (Wildman–Crippen MR) is 70.7 cm³/mol. The Balaban J connectivity index is 2.18. The lowest BCUT2D eigenvalue weighted by Crippen LogP contribution is -2.26. The van der Waals surface area contributed by atoms with Crippen LogP contribution in [0.2, 0.25) is 0 Å². The maximum Gasteiger partial charge on any atom is 0.387 e. The van der Waals surface area contributed by atoms with Crippen LogP contribution < -0.4 is 9.64 Å². The van der Waals surface area contributed by atoms with Crippen molar-refractivity contribution >= 4 is 23.1 Å². The molecule has 0 aliphatic rings. The molecule has 2 aromatic rings. The third-order valence-electron chi connectivity index (χ3n) is 2.67. The van der Waals surface area contributed by atoms with Gasteiger partial charge in [0.05, 0.1) is 0 Å². The monoisotopic (exact) mass is 335 g/mol. The van der Waals surface area contributed by atoms with Crippen LogP contribution >= 0.6 is 11.5 Å². The molecule has 0 saturated heterocycles. The Morgan fingerprint density at radius 1 is 1.23 bits per heavy atom. The molecule has 0 radical (unpaired) electrons. The van der Waals surface area contributed by atoms with E-state index in [1.54, 1.807) is 0 Å². The third-order valence-corrected chi connectivity index (χ3v) is 3.40. The zero-order valence-corrected chi connectivity index (χ0v) is 11.9. The highest BCUT2D eigenvalue weighted by Gasteiger charge is 2.26. The lowest BCUT2D eigenvalue weighted by molar-refractivity contribution is -0.0498. The Morgan fingerprint density at radius 3 is 2.41 bits per heavy atom. The molecule has 0 bridgehead atoms. The maximum absolute atomic E-state index is 12.7. The Labute approximate surface area is 126 Å². The summed E-state index contributed by atoms with van der Waals surface area (Å²) in [5, 5.41) is 3.23. The molecule has 1 aromatic carbocycles. The van der Waals surface area contributed by atoms with Crippen molar-refractivity contribution in [1.29, 1.82) is 0 Å². The van der Waals surface area contributed by atoms with Gasteiger partial charge in [-0.2, -0.15) is 8.78 Å². The van der Waals surface area contributed by atoms with E-state index in [4.69, 9.17) is 0 Å². The van der Waals surface area contributed by atoms with Crippen LogP contribution in [0, 0.1) is 0 Å². The fourth-order valence-corrected chi connectivity index (χ4v) is 2.26. The predicted octanol–water partition coefficient (Wildman–Crippen LogP) is 3.35. The second-order valence-corrected chi connectivity index (χ2v) is 4.78. The van der Waals surface area contributed by atoms with Crippen molar-refractivity contribution in [2.75, 3.05) is 11.9 Å². The minimum atomic E-state index is -2.96. The molecule has 5 nitrogen and oxygen atoms in total. The maximum atomic E-state index is 12.7. The molecular formula is C12H9F4N3O2S. The number of benzene rings is 1. The van der Waals surface area contributed by atoms with Gasteiger partial charge in [-0.3, -0.25) is 4.79 Å². The van der Waals surface area contributed by atoms with Crippen molar-refractivity contribution in [2.24, 2.45) is 0 Å². The average molecular weight is 335 g/mol. The Bertz CT molecular complexity index is 648. The number of rotatable bonds is 5. The normalized spacial score (nSPS) is 11.0. The number of carbonyl (C=O) groups excluding carboxylic acids is 1. The molecule has 0 aliphatic heterocycles. The fraction of sp³-hybridized carbons (Fsp3) is 0.250. The molecule has 2 rings (SSSR count). The van der Waals surface area contributed by atoms with Gasteiger partial charge in [0.25, 0.3) is 12.3 Å². The summed E-state index contributed by atoms with van der Waals surface area (Å²) in [6.45, 7) is -2.96. The lowest BCUT2D eigenvalue weighted by Gasteiger charge is -2.17. The smallest absolute Gasteiger partial charge is 0.387 e. The van der Waals surface area contributed by atoms with Gasteiger partial charge in [-0.1, -0.05) is 4.49 Å². The minimum absolute atomic E-state index is 0.0766. The van der Waals surface area contributed by atoms with Gasteiger partial charge in [0.2, 0.25) is 0 Å². The number of nitrogens with zero attached hydrogens (tertiary/aromatic N) is 3. The summed E-state index contributed by atoms with van der Waals surface area (Å²) in [6.07, 6.45) is -2.91. The first kappa shape index (κ1) is 16.1. The van der Waals surface area contributed by atoms with E-state index in [2.05, 4.69) is 14.3 Å². The number of anilines is 1. The van der Waals surface area contributed by atoms with Crippen molar-refractivity contribution in [3.63, 3.8) is 0 Å². The van der Waals surface area contributed by atoms with Crippen molar-refractivity contribution in [3.8, 4) is 5.75 Å². The molecule has 0 fully saturated rings. The van der Waals surface area contributed by atoms with Crippen LogP contribution in [0.1, 0.15) is 21.8 Å². The Hall–Kier alpha value is -2.23. The molecule has 0 aliphatic carbocycles.